The van der Waals surface area contributed by atoms with Crippen LogP contribution >= 0.6 is 22.9 Å². The van der Waals surface area contributed by atoms with Crippen molar-refractivity contribution in [3.8, 4) is 11.6 Å². The van der Waals surface area contributed by atoms with Crippen LogP contribution in [0.4, 0.5) is 5.69 Å². The number of ether oxygens (including phenoxy) is 1. The van der Waals surface area contributed by atoms with Gasteiger partial charge in [0, 0.05) is 36.9 Å². The van der Waals surface area contributed by atoms with Crippen LogP contribution in [0.2, 0.25) is 5.02 Å². The highest BCUT2D eigenvalue weighted by Crippen LogP contribution is 2.40. The molecule has 5 rings (SSSR count). The van der Waals surface area contributed by atoms with Crippen LogP contribution < -0.4 is 9.64 Å². The number of hydrogen-bond acceptors (Lipinski definition) is 7. The molecule has 0 bridgehead atoms. The van der Waals surface area contributed by atoms with Gasteiger partial charge < -0.3 is 14.7 Å². The summed E-state index contributed by atoms with van der Waals surface area (Å²) >= 11 is 7.70. The van der Waals surface area contributed by atoms with Crippen molar-refractivity contribution in [1.29, 1.82) is 0 Å². The Morgan fingerprint density at radius 3 is 2.55 bits per heavy atom. The molecular formula is C24H26ClN5O2S. The topological polar surface area (TPSA) is 66.1 Å². The number of rotatable bonds is 6. The molecule has 1 aliphatic rings. The van der Waals surface area contributed by atoms with Crippen LogP contribution in [0.15, 0.2) is 48.5 Å². The highest BCUT2D eigenvalue weighted by Gasteiger charge is 2.31. The van der Waals surface area contributed by atoms with E-state index in [9.17, 15) is 5.11 Å². The number of fused-ring (bicyclic) bond motifs is 1. The van der Waals surface area contributed by atoms with Crippen LogP contribution in [0.1, 0.15) is 29.2 Å². The van der Waals surface area contributed by atoms with Crippen LogP contribution in [0.3, 0.4) is 0 Å². The predicted octanol–water partition coefficient (Wildman–Crippen LogP) is 4.77. The highest BCUT2D eigenvalue weighted by molar-refractivity contribution is 7.17. The minimum absolute atomic E-state index is 0.101. The van der Waals surface area contributed by atoms with Gasteiger partial charge in [-0.1, -0.05) is 41.1 Å². The van der Waals surface area contributed by atoms with E-state index >= 15 is 0 Å². The zero-order valence-corrected chi connectivity index (χ0v) is 20.2. The standard InChI is InChI=1S/C24H26ClN5O2S/c1-3-32-20-9-7-17(8-10-20)21(22-23(31)30-24(33-22)26-16(2)27-30)29-13-11-28(12-14-29)19-6-4-5-18(25)15-19/h4-10,15,21,31H,3,11-14H2,1-2H3/t21-/m0/s1. The molecule has 0 amide bonds. The molecule has 7 nitrogen and oxygen atoms in total. The zero-order valence-electron chi connectivity index (χ0n) is 18.6. The second-order valence-corrected chi connectivity index (χ2v) is 9.50. The summed E-state index contributed by atoms with van der Waals surface area (Å²) in [5.74, 6) is 1.65. The molecule has 4 aromatic rings. The van der Waals surface area contributed by atoms with Gasteiger partial charge in [-0.05, 0) is 49.7 Å². The molecule has 1 N–H and O–H groups in total. The SMILES string of the molecule is CCOc1ccc([C@@H](c2sc3nc(C)nn3c2O)N2CCN(c3cccc(Cl)c3)CC2)cc1. The minimum atomic E-state index is -0.101. The van der Waals surface area contributed by atoms with Gasteiger partial charge in [0.25, 0.3) is 0 Å². The number of halogens is 1. The van der Waals surface area contributed by atoms with Crippen molar-refractivity contribution < 1.29 is 9.84 Å². The van der Waals surface area contributed by atoms with Crippen LogP contribution in [-0.4, -0.2) is 57.4 Å². The number of aromatic hydroxyl groups is 1. The van der Waals surface area contributed by atoms with Crippen molar-refractivity contribution in [2.24, 2.45) is 0 Å². The van der Waals surface area contributed by atoms with E-state index in [1.807, 2.05) is 44.2 Å². The van der Waals surface area contributed by atoms with Crippen LogP contribution in [0, 0.1) is 6.92 Å². The van der Waals surface area contributed by atoms with Gasteiger partial charge >= 0.3 is 0 Å². The van der Waals surface area contributed by atoms with Gasteiger partial charge in [0.05, 0.1) is 17.5 Å². The molecule has 9 heteroatoms. The Labute approximate surface area is 201 Å². The monoisotopic (exact) mass is 483 g/mol. The van der Waals surface area contributed by atoms with Gasteiger partial charge in [0.1, 0.15) is 11.6 Å². The maximum atomic E-state index is 11.1. The Balaban J connectivity index is 1.46. The highest BCUT2D eigenvalue weighted by atomic mass is 35.5. The van der Waals surface area contributed by atoms with E-state index < -0.39 is 0 Å². The lowest BCUT2D eigenvalue weighted by Gasteiger charge is -2.40. The Morgan fingerprint density at radius 1 is 1.12 bits per heavy atom. The molecule has 0 aliphatic carbocycles. The molecule has 2 aromatic heterocycles. The van der Waals surface area contributed by atoms with Crippen molar-refractivity contribution in [3.63, 3.8) is 0 Å². The summed E-state index contributed by atoms with van der Waals surface area (Å²) in [5, 5.41) is 16.2. The van der Waals surface area contributed by atoms with Crippen LogP contribution in [0.25, 0.3) is 4.96 Å². The predicted molar refractivity (Wildman–Crippen MR) is 132 cm³/mol. The lowest BCUT2D eigenvalue weighted by molar-refractivity contribution is 0.211. The number of thiazole rings is 1. The molecule has 3 heterocycles. The fourth-order valence-electron chi connectivity index (χ4n) is 4.38. The molecule has 1 atom stereocenters. The molecule has 33 heavy (non-hydrogen) atoms. The third kappa shape index (κ3) is 4.38. The number of hydrogen-bond donors (Lipinski definition) is 1. The Hall–Kier alpha value is -2.81. The number of benzene rings is 2. The van der Waals surface area contributed by atoms with E-state index in [0.29, 0.717) is 17.4 Å². The smallest absolute Gasteiger partial charge is 0.230 e. The van der Waals surface area contributed by atoms with Gasteiger partial charge in [-0.15, -0.1) is 5.10 Å². The molecule has 0 radical (unpaired) electrons. The van der Waals surface area contributed by atoms with E-state index in [1.54, 1.807) is 4.52 Å². The Morgan fingerprint density at radius 2 is 1.88 bits per heavy atom. The third-order valence-corrected chi connectivity index (χ3v) is 7.22. The Bertz CT molecular complexity index is 1250. The quantitative estimate of drug-likeness (QED) is 0.426. The van der Waals surface area contributed by atoms with Gasteiger partial charge in [0.15, 0.2) is 0 Å². The molecular weight excluding hydrogens is 458 g/mol. The maximum absolute atomic E-state index is 11.1. The summed E-state index contributed by atoms with van der Waals surface area (Å²) in [6.45, 7) is 7.86. The molecule has 0 unspecified atom stereocenters. The molecule has 172 valence electrons. The number of anilines is 1. The fraction of sp³-hybridized carbons (Fsp3) is 0.333. The Kier molecular flexibility index (Phi) is 6.14. The normalized spacial score (nSPS) is 15.8. The number of piperazine rings is 1. The van der Waals surface area contributed by atoms with Gasteiger partial charge in [-0.3, -0.25) is 4.90 Å². The first-order valence-corrected chi connectivity index (χ1v) is 12.3. The molecule has 2 aromatic carbocycles. The molecule has 0 spiro atoms. The summed E-state index contributed by atoms with van der Waals surface area (Å²) in [4.78, 5) is 10.8. The second kappa shape index (κ2) is 9.21. The van der Waals surface area contributed by atoms with Crippen molar-refractivity contribution in [2.45, 2.75) is 19.9 Å². The summed E-state index contributed by atoms with van der Waals surface area (Å²) < 4.78 is 7.18. The van der Waals surface area contributed by atoms with Gasteiger partial charge in [0.2, 0.25) is 10.8 Å². The molecule has 1 saturated heterocycles. The van der Waals surface area contributed by atoms with Crippen molar-refractivity contribution >= 4 is 33.6 Å². The summed E-state index contributed by atoms with van der Waals surface area (Å²) in [5.41, 5.74) is 2.24. The molecule has 1 aliphatic heterocycles. The summed E-state index contributed by atoms with van der Waals surface area (Å²) in [6.07, 6.45) is 0. The summed E-state index contributed by atoms with van der Waals surface area (Å²) in [7, 11) is 0. The number of aromatic nitrogens is 3. The van der Waals surface area contributed by atoms with E-state index in [0.717, 1.165) is 53.1 Å². The molecule has 0 saturated carbocycles. The van der Waals surface area contributed by atoms with E-state index in [2.05, 4.69) is 38.1 Å². The number of nitrogens with zero attached hydrogens (tertiary/aromatic N) is 5. The van der Waals surface area contributed by atoms with Crippen molar-refractivity contribution in [3.05, 3.63) is 69.8 Å². The first-order valence-electron chi connectivity index (χ1n) is 11.1. The average Bonchev–Trinajstić information content (AvgIpc) is 3.33. The van der Waals surface area contributed by atoms with E-state index in [-0.39, 0.29) is 11.9 Å². The van der Waals surface area contributed by atoms with Crippen molar-refractivity contribution in [2.75, 3.05) is 37.7 Å². The zero-order chi connectivity index (χ0) is 22.9. The van der Waals surface area contributed by atoms with Gasteiger partial charge in [-0.2, -0.15) is 4.52 Å². The second-order valence-electron chi connectivity index (χ2n) is 8.05. The largest absolute Gasteiger partial charge is 0.494 e. The minimum Gasteiger partial charge on any atom is -0.494 e. The van der Waals surface area contributed by atoms with E-state index in [1.165, 1.54) is 11.3 Å². The lowest BCUT2D eigenvalue weighted by atomic mass is 10.0. The van der Waals surface area contributed by atoms with Gasteiger partial charge in [-0.25, -0.2) is 4.98 Å². The summed E-state index contributed by atoms with van der Waals surface area (Å²) in [6, 6.07) is 16.0. The van der Waals surface area contributed by atoms with Crippen LogP contribution in [0.5, 0.6) is 11.6 Å². The average molecular weight is 484 g/mol. The maximum Gasteiger partial charge on any atom is 0.230 e. The first-order chi connectivity index (χ1) is 16.0. The lowest BCUT2D eigenvalue weighted by Crippen LogP contribution is -2.47. The van der Waals surface area contributed by atoms with Crippen LogP contribution in [-0.2, 0) is 0 Å². The number of aryl methyl sites for hydroxylation is 1. The molecule has 1 fully saturated rings. The fourth-order valence-corrected chi connectivity index (χ4v) is 5.73. The first kappa shape index (κ1) is 22.0. The van der Waals surface area contributed by atoms with E-state index in [4.69, 9.17) is 16.3 Å². The third-order valence-electron chi connectivity index (χ3n) is 5.91. The van der Waals surface area contributed by atoms with Crippen molar-refractivity contribution in [1.82, 2.24) is 19.5 Å².